The van der Waals surface area contributed by atoms with Crippen molar-refractivity contribution in [3.8, 4) is 22.3 Å². The van der Waals surface area contributed by atoms with Gasteiger partial charge in [0.25, 0.3) is 0 Å². The van der Waals surface area contributed by atoms with Gasteiger partial charge in [-0.05, 0) is 116 Å². The molecule has 0 aliphatic rings. The zero-order chi connectivity index (χ0) is 33.0. The molecule has 234 valence electrons. The van der Waals surface area contributed by atoms with E-state index in [1.165, 1.54) is 43.8 Å². The molecule has 9 aromatic carbocycles. The Hall–Kier alpha value is -6.64. The van der Waals surface area contributed by atoms with Gasteiger partial charge in [-0.3, -0.25) is 0 Å². The summed E-state index contributed by atoms with van der Waals surface area (Å²) in [7, 11) is 0. The fraction of sp³-hybridized carbons (Fsp3) is 0. The molecule has 50 heavy (non-hydrogen) atoms. The zero-order valence-corrected chi connectivity index (χ0v) is 27.3. The quantitative estimate of drug-likeness (QED) is 0.187. The smallest absolute Gasteiger partial charge is 0.143 e. The van der Waals surface area contributed by atoms with E-state index in [4.69, 9.17) is 4.42 Å². The van der Waals surface area contributed by atoms with Crippen LogP contribution in [0.5, 0.6) is 0 Å². The summed E-state index contributed by atoms with van der Waals surface area (Å²) in [6.07, 6.45) is 0. The summed E-state index contributed by atoms with van der Waals surface area (Å²) in [5, 5.41) is 9.37. The first-order chi connectivity index (χ1) is 24.7. The first kappa shape index (κ1) is 28.4. The van der Waals surface area contributed by atoms with Gasteiger partial charge >= 0.3 is 0 Å². The van der Waals surface area contributed by atoms with Crippen LogP contribution in [0.4, 0.5) is 17.1 Å². The van der Waals surface area contributed by atoms with Crippen LogP contribution in [0.3, 0.4) is 0 Å². The minimum Gasteiger partial charge on any atom is -0.455 e. The molecule has 0 saturated heterocycles. The Balaban J connectivity index is 1.12. The maximum Gasteiger partial charge on any atom is 0.143 e. The topological polar surface area (TPSA) is 16.4 Å². The van der Waals surface area contributed by atoms with Crippen molar-refractivity contribution in [2.45, 2.75) is 0 Å². The summed E-state index contributed by atoms with van der Waals surface area (Å²) in [6.45, 7) is 0. The van der Waals surface area contributed by atoms with Crippen LogP contribution in [-0.2, 0) is 0 Å². The van der Waals surface area contributed by atoms with Gasteiger partial charge in [0, 0.05) is 33.2 Å². The van der Waals surface area contributed by atoms with Gasteiger partial charge in [0.2, 0.25) is 0 Å². The first-order valence-corrected chi connectivity index (χ1v) is 17.1. The molecule has 10 aromatic rings. The highest BCUT2D eigenvalue weighted by Gasteiger charge is 2.17. The van der Waals surface area contributed by atoms with E-state index in [0.29, 0.717) is 0 Å². The van der Waals surface area contributed by atoms with Crippen LogP contribution in [0.2, 0.25) is 0 Å². The molecule has 0 radical (unpaired) electrons. The van der Waals surface area contributed by atoms with E-state index in [0.717, 1.165) is 49.8 Å². The molecule has 1 aromatic heterocycles. The van der Waals surface area contributed by atoms with E-state index < -0.39 is 0 Å². The first-order valence-electron chi connectivity index (χ1n) is 17.1. The third kappa shape index (κ3) is 4.81. The second kappa shape index (κ2) is 11.5. The van der Waals surface area contributed by atoms with Crippen molar-refractivity contribution in [1.29, 1.82) is 0 Å². The zero-order valence-electron chi connectivity index (χ0n) is 27.3. The Kier molecular flexibility index (Phi) is 6.53. The van der Waals surface area contributed by atoms with Crippen molar-refractivity contribution < 1.29 is 4.42 Å². The summed E-state index contributed by atoms with van der Waals surface area (Å²) in [5.41, 5.74) is 10.0. The lowest BCUT2D eigenvalue weighted by molar-refractivity contribution is 0.672. The number of hydrogen-bond donors (Lipinski definition) is 0. The van der Waals surface area contributed by atoms with E-state index in [9.17, 15) is 0 Å². The number of furan rings is 1. The molecular weight excluding hydrogens is 607 g/mol. The van der Waals surface area contributed by atoms with E-state index in [-0.39, 0.29) is 0 Å². The molecule has 0 fully saturated rings. The average Bonchev–Trinajstić information content (AvgIpc) is 3.57. The standard InChI is InChI=1S/C48H31NO/c1-3-9-32(10-4-1)34-15-17-38-29-41(22-19-36(38)27-34)49(42-23-20-37-28-35(16-18-39(37)30-42)33-11-5-2-6-12-33)43-24-26-44-40(31-43)21-25-46-45-13-7-8-14-47(45)50-48(44)46/h1-31H. The van der Waals surface area contributed by atoms with Gasteiger partial charge in [-0.2, -0.15) is 0 Å². The second-order valence-corrected chi connectivity index (χ2v) is 13.0. The van der Waals surface area contributed by atoms with E-state index in [1.54, 1.807) is 0 Å². The molecule has 0 aliphatic carbocycles. The molecule has 10 rings (SSSR count). The summed E-state index contributed by atoms with van der Waals surface area (Å²) >= 11 is 0. The van der Waals surface area contributed by atoms with E-state index in [2.05, 4.69) is 181 Å². The summed E-state index contributed by atoms with van der Waals surface area (Å²) in [5.74, 6) is 0. The van der Waals surface area contributed by atoms with Crippen molar-refractivity contribution in [2.75, 3.05) is 4.90 Å². The molecule has 0 amide bonds. The molecule has 0 saturated carbocycles. The van der Waals surface area contributed by atoms with Crippen molar-refractivity contribution in [1.82, 2.24) is 0 Å². The van der Waals surface area contributed by atoms with Crippen LogP contribution in [0.25, 0.3) is 76.5 Å². The maximum absolute atomic E-state index is 6.40. The molecule has 0 atom stereocenters. The normalized spacial score (nSPS) is 11.6. The van der Waals surface area contributed by atoms with Gasteiger partial charge in [0.05, 0.1) is 0 Å². The molecule has 0 spiro atoms. The highest BCUT2D eigenvalue weighted by atomic mass is 16.3. The summed E-state index contributed by atoms with van der Waals surface area (Å²) in [6, 6.07) is 67.6. The minimum absolute atomic E-state index is 0.916. The number of fused-ring (bicyclic) bond motifs is 7. The molecule has 0 aliphatic heterocycles. The average molecular weight is 638 g/mol. The minimum atomic E-state index is 0.916. The van der Waals surface area contributed by atoms with Crippen molar-refractivity contribution in [3.05, 3.63) is 188 Å². The van der Waals surface area contributed by atoms with Crippen LogP contribution in [0.1, 0.15) is 0 Å². The van der Waals surface area contributed by atoms with Crippen LogP contribution < -0.4 is 4.90 Å². The Morgan fingerprint density at radius 3 is 1.38 bits per heavy atom. The summed E-state index contributed by atoms with van der Waals surface area (Å²) in [4.78, 5) is 2.37. The third-order valence-corrected chi connectivity index (χ3v) is 9.98. The van der Waals surface area contributed by atoms with Gasteiger partial charge in [-0.15, -0.1) is 0 Å². The predicted molar refractivity (Wildman–Crippen MR) is 212 cm³/mol. The molecule has 0 N–H and O–H groups in total. The van der Waals surface area contributed by atoms with Gasteiger partial charge in [-0.1, -0.05) is 121 Å². The highest BCUT2D eigenvalue weighted by Crippen LogP contribution is 2.41. The van der Waals surface area contributed by atoms with Crippen LogP contribution >= 0.6 is 0 Å². The number of hydrogen-bond acceptors (Lipinski definition) is 2. The second-order valence-electron chi connectivity index (χ2n) is 13.0. The monoisotopic (exact) mass is 637 g/mol. The molecule has 2 nitrogen and oxygen atoms in total. The lowest BCUT2D eigenvalue weighted by Crippen LogP contribution is -2.10. The molecule has 2 heteroatoms. The van der Waals surface area contributed by atoms with Crippen molar-refractivity contribution >= 4 is 71.3 Å². The van der Waals surface area contributed by atoms with Gasteiger partial charge in [0.15, 0.2) is 0 Å². The predicted octanol–water partition coefficient (Wildman–Crippen LogP) is 13.8. The van der Waals surface area contributed by atoms with Gasteiger partial charge < -0.3 is 9.32 Å². The van der Waals surface area contributed by atoms with Gasteiger partial charge in [0.1, 0.15) is 11.2 Å². The van der Waals surface area contributed by atoms with Crippen LogP contribution in [0, 0.1) is 0 Å². The molecule has 0 bridgehead atoms. The van der Waals surface area contributed by atoms with Crippen molar-refractivity contribution in [2.24, 2.45) is 0 Å². The Morgan fingerprint density at radius 2 is 0.760 bits per heavy atom. The summed E-state index contributed by atoms with van der Waals surface area (Å²) < 4.78 is 6.40. The number of nitrogens with zero attached hydrogens (tertiary/aromatic N) is 1. The van der Waals surface area contributed by atoms with Crippen LogP contribution in [-0.4, -0.2) is 0 Å². The van der Waals surface area contributed by atoms with Gasteiger partial charge in [-0.25, -0.2) is 0 Å². The van der Waals surface area contributed by atoms with E-state index in [1.807, 2.05) is 12.1 Å². The highest BCUT2D eigenvalue weighted by molar-refractivity contribution is 6.15. The number of benzene rings is 9. The number of para-hydroxylation sites is 1. The Morgan fingerprint density at radius 1 is 0.300 bits per heavy atom. The maximum atomic E-state index is 6.40. The number of anilines is 3. The SMILES string of the molecule is c1ccc(-c2ccc3cc(N(c4ccc5cc(-c6ccccc6)ccc5c4)c4ccc5c(ccc6c7ccccc7oc56)c4)ccc3c2)cc1. The molecule has 1 heterocycles. The fourth-order valence-corrected chi connectivity index (χ4v) is 7.45. The lowest BCUT2D eigenvalue weighted by atomic mass is 9.99. The third-order valence-electron chi connectivity index (χ3n) is 9.98. The number of rotatable bonds is 5. The lowest BCUT2D eigenvalue weighted by Gasteiger charge is -2.26. The van der Waals surface area contributed by atoms with E-state index >= 15 is 0 Å². The Bertz CT molecular complexity index is 2750. The molecule has 0 unspecified atom stereocenters. The Labute approximate surface area is 290 Å². The van der Waals surface area contributed by atoms with Crippen LogP contribution in [0.15, 0.2) is 192 Å². The van der Waals surface area contributed by atoms with Crippen molar-refractivity contribution in [3.63, 3.8) is 0 Å². The molecular formula is C48H31NO. The fourth-order valence-electron chi connectivity index (χ4n) is 7.45. The largest absolute Gasteiger partial charge is 0.455 e.